The Morgan fingerprint density at radius 3 is 1.02 bits per heavy atom. The summed E-state index contributed by atoms with van der Waals surface area (Å²) in [5.41, 5.74) is 0. The SMILES string of the molecule is CCCCCCCCCCCCCCC[C@@H](O)[C@H](CO)NC(=O)CCCCCCCCCCCCCCCCCCCCCCCCCO. The Kier molecular flexibility index (Phi) is 41.2. The molecule has 49 heavy (non-hydrogen) atoms. The number of carbonyl (C=O) groups excluding carboxylic acids is 1. The maximum atomic E-state index is 12.4. The summed E-state index contributed by atoms with van der Waals surface area (Å²) in [6.45, 7) is 2.43. The zero-order chi connectivity index (χ0) is 35.7. The Morgan fingerprint density at radius 2 is 0.714 bits per heavy atom. The van der Waals surface area contributed by atoms with E-state index in [4.69, 9.17) is 5.11 Å². The van der Waals surface area contributed by atoms with Gasteiger partial charge in [0.1, 0.15) is 0 Å². The lowest BCUT2D eigenvalue weighted by Gasteiger charge is -2.22. The molecule has 0 aliphatic heterocycles. The average molecular weight is 696 g/mol. The minimum absolute atomic E-state index is 0.0312. The lowest BCUT2D eigenvalue weighted by molar-refractivity contribution is -0.123. The number of hydrogen-bond donors (Lipinski definition) is 4. The zero-order valence-corrected chi connectivity index (χ0v) is 33.2. The summed E-state index contributed by atoms with van der Waals surface area (Å²) in [5, 5.41) is 31.9. The van der Waals surface area contributed by atoms with Gasteiger partial charge in [0.2, 0.25) is 5.91 Å². The van der Waals surface area contributed by atoms with E-state index < -0.39 is 12.1 Å². The zero-order valence-electron chi connectivity index (χ0n) is 33.2. The predicted molar refractivity (Wildman–Crippen MR) is 213 cm³/mol. The van der Waals surface area contributed by atoms with Crippen molar-refractivity contribution in [2.45, 2.75) is 263 Å². The molecule has 0 spiro atoms. The van der Waals surface area contributed by atoms with Crippen LogP contribution in [0.5, 0.6) is 0 Å². The van der Waals surface area contributed by atoms with Crippen LogP contribution in [0.25, 0.3) is 0 Å². The van der Waals surface area contributed by atoms with E-state index in [2.05, 4.69) is 12.2 Å². The summed E-state index contributed by atoms with van der Waals surface area (Å²) in [7, 11) is 0. The Labute approximate surface area is 307 Å². The summed E-state index contributed by atoms with van der Waals surface area (Å²) >= 11 is 0. The Balaban J connectivity index is 3.42. The second-order valence-electron chi connectivity index (χ2n) is 15.6. The number of amides is 1. The van der Waals surface area contributed by atoms with Crippen LogP contribution in [-0.2, 0) is 4.79 Å². The summed E-state index contributed by atoms with van der Waals surface area (Å²) in [5.74, 6) is -0.0312. The lowest BCUT2D eigenvalue weighted by Crippen LogP contribution is -2.45. The molecule has 0 unspecified atom stereocenters. The van der Waals surface area contributed by atoms with Crippen molar-refractivity contribution in [2.75, 3.05) is 13.2 Å². The standard InChI is InChI=1S/C44H89NO4/c1-2-3-4-5-6-7-8-20-23-26-29-32-35-38-43(48)42(41-47)45-44(49)39-36-33-30-27-24-21-18-16-14-12-10-9-11-13-15-17-19-22-25-28-31-34-37-40-46/h42-43,46-48H,2-41H2,1H3,(H,45,49)/t42-,43+/m0/s1. The van der Waals surface area contributed by atoms with Gasteiger partial charge in [-0.3, -0.25) is 4.79 Å². The highest BCUT2D eigenvalue weighted by Crippen LogP contribution is 2.17. The van der Waals surface area contributed by atoms with E-state index in [0.29, 0.717) is 19.4 Å². The highest BCUT2D eigenvalue weighted by Gasteiger charge is 2.20. The molecule has 0 fully saturated rings. The third-order valence-electron chi connectivity index (χ3n) is 10.7. The highest BCUT2D eigenvalue weighted by atomic mass is 16.3. The molecule has 5 heteroatoms. The molecule has 0 aliphatic rings. The summed E-state index contributed by atoms with van der Waals surface area (Å²) < 4.78 is 0. The first-order valence-electron chi connectivity index (χ1n) is 22.3. The van der Waals surface area contributed by atoms with Crippen LogP contribution >= 0.6 is 0 Å². The first-order chi connectivity index (χ1) is 24.2. The van der Waals surface area contributed by atoms with Gasteiger partial charge in [0.05, 0.1) is 18.8 Å². The van der Waals surface area contributed by atoms with Crippen molar-refractivity contribution in [1.29, 1.82) is 0 Å². The van der Waals surface area contributed by atoms with Crippen molar-refractivity contribution in [3.8, 4) is 0 Å². The number of unbranched alkanes of at least 4 members (excludes halogenated alkanes) is 34. The van der Waals surface area contributed by atoms with Gasteiger partial charge in [0, 0.05) is 13.0 Å². The van der Waals surface area contributed by atoms with E-state index in [0.717, 1.165) is 32.1 Å². The van der Waals surface area contributed by atoms with E-state index in [9.17, 15) is 15.0 Å². The maximum Gasteiger partial charge on any atom is 0.220 e. The summed E-state index contributed by atoms with van der Waals surface area (Å²) in [6, 6.07) is -0.533. The first-order valence-corrected chi connectivity index (χ1v) is 22.3. The molecule has 0 bridgehead atoms. The van der Waals surface area contributed by atoms with Crippen molar-refractivity contribution in [2.24, 2.45) is 0 Å². The number of rotatable bonds is 42. The number of carbonyl (C=O) groups is 1. The van der Waals surface area contributed by atoms with Gasteiger partial charge >= 0.3 is 0 Å². The molecule has 1 amide bonds. The number of aliphatic hydroxyl groups excluding tert-OH is 3. The predicted octanol–water partition coefficient (Wildman–Crippen LogP) is 12.7. The molecule has 294 valence electrons. The Hall–Kier alpha value is -0.650. The molecule has 0 rings (SSSR count). The van der Waals surface area contributed by atoms with Crippen molar-refractivity contribution in [3.63, 3.8) is 0 Å². The minimum Gasteiger partial charge on any atom is -0.396 e. The third-order valence-corrected chi connectivity index (χ3v) is 10.7. The van der Waals surface area contributed by atoms with Gasteiger partial charge in [-0.25, -0.2) is 0 Å². The van der Waals surface area contributed by atoms with Crippen molar-refractivity contribution >= 4 is 5.91 Å². The van der Waals surface area contributed by atoms with Crippen LogP contribution in [0.15, 0.2) is 0 Å². The van der Waals surface area contributed by atoms with Crippen molar-refractivity contribution in [1.82, 2.24) is 5.32 Å². The number of hydrogen-bond acceptors (Lipinski definition) is 4. The molecule has 2 atom stereocenters. The fourth-order valence-corrected chi connectivity index (χ4v) is 7.22. The maximum absolute atomic E-state index is 12.4. The van der Waals surface area contributed by atoms with E-state index >= 15 is 0 Å². The molecule has 0 radical (unpaired) electrons. The molecule has 5 nitrogen and oxygen atoms in total. The van der Waals surface area contributed by atoms with Crippen LogP contribution in [0.1, 0.15) is 251 Å². The Bertz CT molecular complexity index is 630. The van der Waals surface area contributed by atoms with E-state index in [1.54, 1.807) is 0 Å². The quantitative estimate of drug-likeness (QED) is 0.0479. The van der Waals surface area contributed by atoms with Gasteiger partial charge in [0.15, 0.2) is 0 Å². The molecule has 0 aliphatic carbocycles. The molecular weight excluding hydrogens is 606 g/mol. The van der Waals surface area contributed by atoms with Crippen LogP contribution in [-0.4, -0.2) is 46.6 Å². The minimum atomic E-state index is -0.656. The van der Waals surface area contributed by atoms with E-state index in [1.807, 2.05) is 0 Å². The summed E-state index contributed by atoms with van der Waals surface area (Å²) in [4.78, 5) is 12.4. The van der Waals surface area contributed by atoms with Gasteiger partial charge < -0.3 is 20.6 Å². The molecule has 0 aromatic carbocycles. The van der Waals surface area contributed by atoms with Crippen LogP contribution in [0.2, 0.25) is 0 Å². The first kappa shape index (κ1) is 48.3. The van der Waals surface area contributed by atoms with E-state index in [-0.39, 0.29) is 12.5 Å². The van der Waals surface area contributed by atoms with Crippen molar-refractivity contribution in [3.05, 3.63) is 0 Å². The van der Waals surface area contributed by atoms with Gasteiger partial charge in [0.25, 0.3) is 0 Å². The molecule has 0 aromatic rings. The Morgan fingerprint density at radius 1 is 0.429 bits per heavy atom. The van der Waals surface area contributed by atoms with Gasteiger partial charge in [-0.05, 0) is 19.3 Å². The van der Waals surface area contributed by atoms with Crippen LogP contribution in [0.3, 0.4) is 0 Å². The van der Waals surface area contributed by atoms with Gasteiger partial charge in [-0.2, -0.15) is 0 Å². The monoisotopic (exact) mass is 696 g/mol. The molecule has 0 heterocycles. The van der Waals surface area contributed by atoms with E-state index in [1.165, 1.54) is 199 Å². The molecule has 4 N–H and O–H groups in total. The molecule has 0 saturated carbocycles. The number of nitrogens with one attached hydrogen (secondary N) is 1. The average Bonchev–Trinajstić information content (AvgIpc) is 3.10. The van der Waals surface area contributed by atoms with Gasteiger partial charge in [-0.1, -0.05) is 225 Å². The molecule has 0 saturated heterocycles. The fourth-order valence-electron chi connectivity index (χ4n) is 7.22. The largest absolute Gasteiger partial charge is 0.396 e. The smallest absolute Gasteiger partial charge is 0.220 e. The second kappa shape index (κ2) is 41.8. The topological polar surface area (TPSA) is 89.8 Å². The van der Waals surface area contributed by atoms with Crippen LogP contribution in [0.4, 0.5) is 0 Å². The van der Waals surface area contributed by atoms with Gasteiger partial charge in [-0.15, -0.1) is 0 Å². The molecular formula is C44H89NO4. The van der Waals surface area contributed by atoms with Crippen LogP contribution < -0.4 is 5.32 Å². The lowest BCUT2D eigenvalue weighted by atomic mass is 10.0. The highest BCUT2D eigenvalue weighted by molar-refractivity contribution is 5.76. The second-order valence-corrected chi connectivity index (χ2v) is 15.6. The summed E-state index contributed by atoms with van der Waals surface area (Å²) in [6.07, 6.45) is 47.6. The normalized spacial score (nSPS) is 12.8. The third kappa shape index (κ3) is 38.4. The fraction of sp³-hybridized carbons (Fsp3) is 0.977. The van der Waals surface area contributed by atoms with Crippen molar-refractivity contribution < 1.29 is 20.1 Å². The number of aliphatic hydroxyl groups is 3. The molecule has 0 aromatic heterocycles. The van der Waals surface area contributed by atoms with Crippen LogP contribution in [0, 0.1) is 0 Å².